The highest BCUT2D eigenvalue weighted by atomic mass is 16.5. The fourth-order valence-corrected chi connectivity index (χ4v) is 6.73. The molecule has 44 heavy (non-hydrogen) atoms. The summed E-state index contributed by atoms with van der Waals surface area (Å²) in [5.74, 6) is 0.386. The first-order valence-electron chi connectivity index (χ1n) is 15.3. The molecule has 0 bridgehead atoms. The summed E-state index contributed by atoms with van der Waals surface area (Å²) in [7, 11) is 3.35. The van der Waals surface area contributed by atoms with Crippen LogP contribution in [-0.4, -0.2) is 50.6 Å². The number of benzene rings is 3. The number of aryl methyl sites for hydroxylation is 3. The molecule has 0 spiro atoms. The molecule has 0 saturated carbocycles. The standard InChI is InChI=1S/C36H41N5O3/c1-8-27-20-41(21-30-34(44-27)29-12-10-9-11-25(29)18-37-30)19-26-17-24(14-13-22(26)2)32(36(4,5)35(42)43-7)28-15-16-31-33(23(28)3)38-39-40(31)6/h9-18,27,32H,8,19-21H2,1-7H3/t27-,32?/m0/s1. The molecule has 0 amide bonds. The Balaban J connectivity index is 1.41. The van der Waals surface area contributed by atoms with E-state index in [1.165, 1.54) is 18.2 Å². The van der Waals surface area contributed by atoms with Gasteiger partial charge in [0.1, 0.15) is 17.4 Å². The molecule has 2 aromatic heterocycles. The molecule has 6 rings (SSSR count). The van der Waals surface area contributed by atoms with E-state index in [1.54, 1.807) is 4.68 Å². The molecular weight excluding hydrogens is 550 g/mol. The van der Waals surface area contributed by atoms with Crippen LogP contribution in [0.4, 0.5) is 0 Å². The lowest BCUT2D eigenvalue weighted by Gasteiger charge is -2.34. The van der Waals surface area contributed by atoms with Gasteiger partial charge in [-0.25, -0.2) is 4.68 Å². The number of methoxy groups -OCH3 is 1. The van der Waals surface area contributed by atoms with Crippen LogP contribution in [-0.2, 0) is 29.7 Å². The Bertz CT molecular complexity index is 1860. The number of carbonyl (C=O) groups is 1. The number of esters is 1. The summed E-state index contributed by atoms with van der Waals surface area (Å²) in [4.78, 5) is 20.6. The van der Waals surface area contributed by atoms with Crippen molar-refractivity contribution in [2.45, 2.75) is 66.2 Å². The highest BCUT2D eigenvalue weighted by Gasteiger charge is 2.41. The van der Waals surface area contributed by atoms with E-state index in [-0.39, 0.29) is 18.0 Å². The van der Waals surface area contributed by atoms with Crippen molar-refractivity contribution in [1.29, 1.82) is 0 Å². The molecule has 1 unspecified atom stereocenters. The van der Waals surface area contributed by atoms with Crippen molar-refractivity contribution < 1.29 is 14.3 Å². The van der Waals surface area contributed by atoms with E-state index >= 15 is 0 Å². The summed E-state index contributed by atoms with van der Waals surface area (Å²) in [5.41, 5.74) is 7.47. The molecule has 8 nitrogen and oxygen atoms in total. The van der Waals surface area contributed by atoms with Gasteiger partial charge in [-0.15, -0.1) is 5.10 Å². The molecule has 0 radical (unpaired) electrons. The van der Waals surface area contributed by atoms with E-state index in [9.17, 15) is 4.79 Å². The van der Waals surface area contributed by atoms with Crippen molar-refractivity contribution in [1.82, 2.24) is 24.9 Å². The van der Waals surface area contributed by atoms with Gasteiger partial charge in [-0.2, -0.15) is 0 Å². The van der Waals surface area contributed by atoms with Crippen LogP contribution in [0.25, 0.3) is 21.8 Å². The Morgan fingerprint density at radius 3 is 2.70 bits per heavy atom. The number of ether oxygens (including phenoxy) is 2. The molecule has 0 aliphatic carbocycles. The fraction of sp³-hybridized carbons (Fsp3) is 0.389. The lowest BCUT2D eigenvalue weighted by Crippen LogP contribution is -2.34. The first-order chi connectivity index (χ1) is 21.1. The summed E-state index contributed by atoms with van der Waals surface area (Å²) in [6.07, 6.45) is 2.90. The fourth-order valence-electron chi connectivity index (χ4n) is 6.73. The average molecular weight is 592 g/mol. The predicted molar refractivity (Wildman–Crippen MR) is 173 cm³/mol. The molecule has 1 aliphatic heterocycles. The molecule has 3 heterocycles. The average Bonchev–Trinajstić information content (AvgIpc) is 3.30. The second-order valence-electron chi connectivity index (χ2n) is 12.6. The highest BCUT2D eigenvalue weighted by molar-refractivity contribution is 5.88. The van der Waals surface area contributed by atoms with E-state index in [4.69, 9.17) is 14.5 Å². The van der Waals surface area contributed by atoms with Crippen molar-refractivity contribution in [3.8, 4) is 5.75 Å². The van der Waals surface area contributed by atoms with Crippen molar-refractivity contribution in [2.24, 2.45) is 12.5 Å². The van der Waals surface area contributed by atoms with Crippen molar-refractivity contribution in [3.63, 3.8) is 0 Å². The lowest BCUT2D eigenvalue weighted by atomic mass is 9.69. The van der Waals surface area contributed by atoms with Gasteiger partial charge in [0.25, 0.3) is 0 Å². The minimum atomic E-state index is -0.838. The Morgan fingerprint density at radius 1 is 1.14 bits per heavy atom. The molecular formula is C36H41N5O3. The maximum absolute atomic E-state index is 13.3. The Kier molecular flexibility index (Phi) is 7.88. The van der Waals surface area contributed by atoms with Crippen LogP contribution < -0.4 is 4.74 Å². The number of nitrogens with zero attached hydrogens (tertiary/aromatic N) is 5. The topological polar surface area (TPSA) is 82.4 Å². The van der Waals surface area contributed by atoms with E-state index in [0.717, 1.165) is 69.4 Å². The van der Waals surface area contributed by atoms with Crippen LogP contribution in [0.15, 0.2) is 60.8 Å². The van der Waals surface area contributed by atoms with E-state index in [2.05, 4.69) is 78.4 Å². The van der Waals surface area contributed by atoms with Crippen LogP contribution in [0.1, 0.15) is 66.6 Å². The van der Waals surface area contributed by atoms with Gasteiger partial charge in [0.2, 0.25) is 0 Å². The molecule has 5 aromatic rings. The van der Waals surface area contributed by atoms with Gasteiger partial charge in [-0.1, -0.05) is 60.7 Å². The molecule has 1 aliphatic rings. The Labute approximate surface area is 259 Å². The van der Waals surface area contributed by atoms with E-state index < -0.39 is 5.41 Å². The van der Waals surface area contributed by atoms with Gasteiger partial charge in [-0.05, 0) is 68.0 Å². The van der Waals surface area contributed by atoms with Crippen LogP contribution >= 0.6 is 0 Å². The molecule has 0 saturated heterocycles. The zero-order valence-electron chi connectivity index (χ0n) is 26.7. The van der Waals surface area contributed by atoms with Crippen LogP contribution in [0.5, 0.6) is 5.75 Å². The molecule has 228 valence electrons. The quantitative estimate of drug-likeness (QED) is 0.196. The summed E-state index contributed by atoms with van der Waals surface area (Å²) < 4.78 is 13.7. The summed E-state index contributed by atoms with van der Waals surface area (Å²) >= 11 is 0. The number of pyridine rings is 1. The molecule has 3 aromatic carbocycles. The van der Waals surface area contributed by atoms with Crippen molar-refractivity contribution >= 4 is 27.8 Å². The van der Waals surface area contributed by atoms with E-state index in [1.807, 2.05) is 39.2 Å². The molecule has 2 atom stereocenters. The lowest BCUT2D eigenvalue weighted by molar-refractivity contribution is -0.151. The van der Waals surface area contributed by atoms with Crippen LogP contribution in [0, 0.1) is 19.3 Å². The van der Waals surface area contributed by atoms with Crippen molar-refractivity contribution in [3.05, 3.63) is 94.3 Å². The van der Waals surface area contributed by atoms with E-state index in [0.29, 0.717) is 6.54 Å². The smallest absolute Gasteiger partial charge is 0.312 e. The zero-order valence-corrected chi connectivity index (χ0v) is 26.7. The number of fused-ring (bicyclic) bond motifs is 4. The Hall–Kier alpha value is -4.30. The largest absolute Gasteiger partial charge is 0.486 e. The van der Waals surface area contributed by atoms with Gasteiger partial charge in [0.15, 0.2) is 0 Å². The third-order valence-electron chi connectivity index (χ3n) is 9.33. The molecule has 0 N–H and O–H groups in total. The third kappa shape index (κ3) is 5.21. The minimum Gasteiger partial charge on any atom is -0.486 e. The van der Waals surface area contributed by atoms with Gasteiger partial charge in [0.05, 0.1) is 23.7 Å². The number of hydrogen-bond acceptors (Lipinski definition) is 7. The van der Waals surface area contributed by atoms with Crippen LogP contribution in [0.2, 0.25) is 0 Å². The third-order valence-corrected chi connectivity index (χ3v) is 9.33. The Morgan fingerprint density at radius 2 is 1.93 bits per heavy atom. The number of carbonyl (C=O) groups excluding carboxylic acids is 1. The highest BCUT2D eigenvalue weighted by Crippen LogP contribution is 2.44. The minimum absolute atomic E-state index is 0.0553. The summed E-state index contributed by atoms with van der Waals surface area (Å²) in [6, 6.07) is 19.0. The van der Waals surface area contributed by atoms with Crippen LogP contribution in [0.3, 0.4) is 0 Å². The maximum atomic E-state index is 13.3. The first-order valence-corrected chi connectivity index (χ1v) is 15.3. The number of aromatic nitrogens is 4. The predicted octanol–water partition coefficient (Wildman–Crippen LogP) is 6.64. The normalized spacial score (nSPS) is 16.4. The zero-order chi connectivity index (χ0) is 31.2. The monoisotopic (exact) mass is 591 g/mol. The second-order valence-corrected chi connectivity index (χ2v) is 12.6. The number of hydrogen-bond donors (Lipinski definition) is 0. The van der Waals surface area contributed by atoms with Gasteiger partial charge >= 0.3 is 5.97 Å². The van der Waals surface area contributed by atoms with Gasteiger partial charge in [-0.3, -0.25) is 14.7 Å². The van der Waals surface area contributed by atoms with Gasteiger partial charge < -0.3 is 9.47 Å². The summed E-state index contributed by atoms with van der Waals surface area (Å²) in [5, 5.41) is 10.9. The maximum Gasteiger partial charge on any atom is 0.312 e. The number of rotatable bonds is 7. The molecule has 8 heteroatoms. The van der Waals surface area contributed by atoms with Gasteiger partial charge in [0, 0.05) is 49.6 Å². The van der Waals surface area contributed by atoms with Crippen molar-refractivity contribution in [2.75, 3.05) is 13.7 Å². The first kappa shape index (κ1) is 29.8. The summed E-state index contributed by atoms with van der Waals surface area (Å²) in [6.45, 7) is 12.6. The molecule has 0 fully saturated rings. The SMILES string of the molecule is CC[C@H]1CN(Cc2cc(C(c3ccc4c(nnn4C)c3C)C(C)(C)C(=O)OC)ccc2C)Cc2ncc3ccccc3c2O1. The second kappa shape index (κ2) is 11.7.